The molecule has 118 valence electrons. The molecule has 0 bridgehead atoms. The van der Waals surface area contributed by atoms with E-state index >= 15 is 0 Å². The third kappa shape index (κ3) is 3.32. The van der Waals surface area contributed by atoms with Crippen molar-refractivity contribution in [1.82, 2.24) is 0 Å². The van der Waals surface area contributed by atoms with Crippen molar-refractivity contribution in [3.05, 3.63) is 23.8 Å². The summed E-state index contributed by atoms with van der Waals surface area (Å²) >= 11 is 0. The van der Waals surface area contributed by atoms with Crippen LogP contribution in [-0.4, -0.2) is 18.4 Å². The van der Waals surface area contributed by atoms with Gasteiger partial charge >= 0.3 is 0 Å². The van der Waals surface area contributed by atoms with E-state index in [1.54, 1.807) is 11.8 Å². The molecule has 1 aromatic carbocycles. The Hall–Kier alpha value is -1.84. The lowest BCUT2D eigenvalue weighted by Gasteiger charge is -2.16. The van der Waals surface area contributed by atoms with E-state index in [9.17, 15) is 9.59 Å². The third-order valence-corrected chi connectivity index (χ3v) is 4.90. The summed E-state index contributed by atoms with van der Waals surface area (Å²) in [5, 5.41) is 2.98. The minimum atomic E-state index is 0.0588. The highest BCUT2D eigenvalue weighted by molar-refractivity contribution is 5.96. The number of amides is 2. The smallest absolute Gasteiger partial charge is 0.224 e. The molecule has 0 spiro atoms. The van der Waals surface area contributed by atoms with Crippen LogP contribution in [0.4, 0.5) is 11.4 Å². The van der Waals surface area contributed by atoms with Gasteiger partial charge in [0.2, 0.25) is 11.8 Å². The van der Waals surface area contributed by atoms with Gasteiger partial charge in [0.05, 0.1) is 0 Å². The normalized spacial score (nSPS) is 17.6. The molecule has 0 saturated heterocycles. The third-order valence-electron chi connectivity index (χ3n) is 4.90. The Morgan fingerprint density at radius 3 is 2.77 bits per heavy atom. The van der Waals surface area contributed by atoms with E-state index in [1.807, 2.05) is 18.2 Å². The van der Waals surface area contributed by atoms with Crippen LogP contribution >= 0.6 is 0 Å². The van der Waals surface area contributed by atoms with Crippen molar-refractivity contribution in [2.75, 3.05) is 16.8 Å². The van der Waals surface area contributed by atoms with Crippen LogP contribution in [0.25, 0.3) is 0 Å². The summed E-state index contributed by atoms with van der Waals surface area (Å²) in [6.45, 7) is 2.33. The highest BCUT2D eigenvalue weighted by Gasteiger charge is 2.22. The Labute approximate surface area is 131 Å². The van der Waals surface area contributed by atoms with Crippen LogP contribution in [0.15, 0.2) is 18.2 Å². The molecular formula is C18H24N2O2. The molecule has 0 unspecified atom stereocenters. The van der Waals surface area contributed by atoms with Crippen LogP contribution in [0, 0.1) is 5.92 Å². The van der Waals surface area contributed by atoms with Gasteiger partial charge in [0, 0.05) is 31.3 Å². The molecule has 0 aromatic heterocycles. The predicted octanol–water partition coefficient (Wildman–Crippen LogP) is 3.50. The molecule has 1 aliphatic carbocycles. The lowest BCUT2D eigenvalue weighted by Crippen LogP contribution is -2.25. The van der Waals surface area contributed by atoms with E-state index in [2.05, 4.69) is 5.32 Å². The summed E-state index contributed by atoms with van der Waals surface area (Å²) in [5.74, 6) is 0.877. The topological polar surface area (TPSA) is 49.4 Å². The summed E-state index contributed by atoms with van der Waals surface area (Å²) < 4.78 is 0. The van der Waals surface area contributed by atoms with Gasteiger partial charge < -0.3 is 10.2 Å². The van der Waals surface area contributed by atoms with Gasteiger partial charge in [0.25, 0.3) is 0 Å². The number of rotatable bonds is 4. The molecule has 0 radical (unpaired) electrons. The highest BCUT2D eigenvalue weighted by atomic mass is 16.2. The first-order valence-electron chi connectivity index (χ1n) is 8.34. The van der Waals surface area contributed by atoms with Gasteiger partial charge in [-0.2, -0.15) is 0 Å². The number of carbonyl (C=O) groups is 2. The number of hydrogen-bond acceptors (Lipinski definition) is 2. The predicted molar refractivity (Wildman–Crippen MR) is 88.0 cm³/mol. The maximum Gasteiger partial charge on any atom is 0.224 e. The minimum absolute atomic E-state index is 0.0588. The fraction of sp³-hybridized carbons (Fsp3) is 0.556. The second kappa shape index (κ2) is 6.51. The number of nitrogens with zero attached hydrogens (tertiary/aromatic N) is 1. The van der Waals surface area contributed by atoms with Crippen molar-refractivity contribution in [2.45, 2.75) is 51.9 Å². The standard InChI is InChI=1S/C18H24N2O2/c1-13(21)20-11-10-15-7-8-16(12-17(15)20)19-18(22)9-6-14-4-2-3-5-14/h7-8,12,14H,2-6,9-11H2,1H3,(H,19,22). The van der Waals surface area contributed by atoms with Crippen LogP contribution in [0.5, 0.6) is 0 Å². The van der Waals surface area contributed by atoms with Crippen LogP contribution < -0.4 is 10.2 Å². The first-order chi connectivity index (χ1) is 10.6. The van der Waals surface area contributed by atoms with Crippen LogP contribution in [0.1, 0.15) is 51.0 Å². The zero-order valence-corrected chi connectivity index (χ0v) is 13.2. The summed E-state index contributed by atoms with van der Waals surface area (Å²) in [4.78, 5) is 25.5. The number of fused-ring (bicyclic) bond motifs is 1. The van der Waals surface area contributed by atoms with E-state index in [0.717, 1.165) is 36.7 Å². The van der Waals surface area contributed by atoms with Crippen LogP contribution in [-0.2, 0) is 16.0 Å². The molecule has 1 aromatic rings. The number of anilines is 2. The Bertz CT molecular complexity index is 576. The lowest BCUT2D eigenvalue weighted by molar-refractivity contribution is -0.117. The highest BCUT2D eigenvalue weighted by Crippen LogP contribution is 2.31. The molecule has 3 rings (SSSR count). The fourth-order valence-electron chi connectivity index (χ4n) is 3.64. The molecule has 22 heavy (non-hydrogen) atoms. The van der Waals surface area contributed by atoms with Crippen molar-refractivity contribution >= 4 is 23.2 Å². The van der Waals surface area contributed by atoms with Crippen LogP contribution in [0.3, 0.4) is 0 Å². The average molecular weight is 300 g/mol. The molecule has 1 fully saturated rings. The summed E-state index contributed by atoms with van der Waals surface area (Å²) in [5.41, 5.74) is 2.92. The van der Waals surface area contributed by atoms with Gasteiger partial charge in [0.15, 0.2) is 0 Å². The Morgan fingerprint density at radius 2 is 2.05 bits per heavy atom. The summed E-state index contributed by atoms with van der Waals surface area (Å²) in [6.07, 6.45) is 7.68. The Balaban J connectivity index is 1.59. The van der Waals surface area contributed by atoms with E-state index in [4.69, 9.17) is 0 Å². The van der Waals surface area contributed by atoms with Crippen molar-refractivity contribution in [3.8, 4) is 0 Å². The molecule has 1 saturated carbocycles. The lowest BCUT2D eigenvalue weighted by atomic mass is 10.0. The fourth-order valence-corrected chi connectivity index (χ4v) is 3.64. The molecule has 1 aliphatic heterocycles. The number of nitrogens with one attached hydrogen (secondary N) is 1. The van der Waals surface area contributed by atoms with Crippen molar-refractivity contribution in [3.63, 3.8) is 0 Å². The van der Waals surface area contributed by atoms with Crippen LogP contribution in [0.2, 0.25) is 0 Å². The molecule has 2 aliphatic rings. The largest absolute Gasteiger partial charge is 0.326 e. The molecule has 4 nitrogen and oxygen atoms in total. The number of carbonyl (C=O) groups excluding carboxylic acids is 2. The van der Waals surface area contributed by atoms with Gasteiger partial charge in [0.1, 0.15) is 0 Å². The van der Waals surface area contributed by atoms with E-state index in [1.165, 1.54) is 31.2 Å². The molecule has 4 heteroatoms. The van der Waals surface area contributed by atoms with Gasteiger partial charge in [-0.25, -0.2) is 0 Å². The molecule has 2 amide bonds. The Morgan fingerprint density at radius 1 is 1.27 bits per heavy atom. The van der Waals surface area contributed by atoms with Crippen molar-refractivity contribution < 1.29 is 9.59 Å². The van der Waals surface area contributed by atoms with Crippen molar-refractivity contribution in [1.29, 1.82) is 0 Å². The molecule has 1 N–H and O–H groups in total. The van der Waals surface area contributed by atoms with Crippen molar-refractivity contribution in [2.24, 2.45) is 5.92 Å². The monoisotopic (exact) mass is 300 g/mol. The van der Waals surface area contributed by atoms with Gasteiger partial charge in [-0.05, 0) is 36.5 Å². The first-order valence-corrected chi connectivity index (χ1v) is 8.34. The minimum Gasteiger partial charge on any atom is -0.326 e. The van der Waals surface area contributed by atoms with Gasteiger partial charge in [-0.3, -0.25) is 9.59 Å². The zero-order valence-electron chi connectivity index (χ0n) is 13.2. The maximum atomic E-state index is 12.1. The average Bonchev–Trinajstić information content (AvgIpc) is 3.14. The first kappa shape index (κ1) is 15.1. The quantitative estimate of drug-likeness (QED) is 0.925. The van der Waals surface area contributed by atoms with Gasteiger partial charge in [-0.15, -0.1) is 0 Å². The van der Waals surface area contributed by atoms with Gasteiger partial charge in [-0.1, -0.05) is 31.7 Å². The van der Waals surface area contributed by atoms with E-state index < -0.39 is 0 Å². The van der Waals surface area contributed by atoms with E-state index in [0.29, 0.717) is 6.42 Å². The Kier molecular flexibility index (Phi) is 4.46. The number of benzene rings is 1. The van der Waals surface area contributed by atoms with E-state index in [-0.39, 0.29) is 11.8 Å². The summed E-state index contributed by atoms with van der Waals surface area (Å²) in [6, 6.07) is 5.89. The zero-order chi connectivity index (χ0) is 15.5. The number of hydrogen-bond donors (Lipinski definition) is 1. The molecule has 0 atom stereocenters. The SMILES string of the molecule is CC(=O)N1CCc2ccc(NC(=O)CCC3CCCC3)cc21. The molecule has 1 heterocycles. The molecular weight excluding hydrogens is 276 g/mol. The second-order valence-corrected chi connectivity index (χ2v) is 6.50. The maximum absolute atomic E-state index is 12.1. The summed E-state index contributed by atoms with van der Waals surface area (Å²) in [7, 11) is 0. The second-order valence-electron chi connectivity index (χ2n) is 6.50.